The van der Waals surface area contributed by atoms with Gasteiger partial charge < -0.3 is 14.8 Å². The van der Waals surface area contributed by atoms with E-state index in [0.717, 1.165) is 24.3 Å². The number of nitro benzene ring substituents is 1. The molecular weight excluding hydrogens is 260 g/mol. The Morgan fingerprint density at radius 3 is 2.45 bits per heavy atom. The Morgan fingerprint density at radius 2 is 1.85 bits per heavy atom. The maximum Gasteiger partial charge on any atom is 0.269 e. The fourth-order valence-corrected chi connectivity index (χ4v) is 1.83. The highest BCUT2D eigenvalue weighted by Crippen LogP contribution is 2.12. The molecule has 0 atom stereocenters. The normalized spacial score (nSPS) is 10.7. The van der Waals surface area contributed by atoms with Crippen LogP contribution in [0.25, 0.3) is 0 Å². The van der Waals surface area contributed by atoms with Crippen LogP contribution < -0.4 is 5.32 Å². The third-order valence-corrected chi connectivity index (χ3v) is 2.91. The first kappa shape index (κ1) is 14.2. The van der Waals surface area contributed by atoms with Gasteiger partial charge in [-0.2, -0.15) is 0 Å². The average Bonchev–Trinajstić information content (AvgIpc) is 2.92. The van der Waals surface area contributed by atoms with E-state index in [0.29, 0.717) is 12.3 Å². The maximum atomic E-state index is 10.5. The van der Waals surface area contributed by atoms with Crippen molar-refractivity contribution in [3.05, 3.63) is 63.6 Å². The van der Waals surface area contributed by atoms with Crippen LogP contribution in [0.15, 0.2) is 40.8 Å². The first-order chi connectivity index (χ1) is 9.69. The van der Waals surface area contributed by atoms with Gasteiger partial charge in [-0.25, -0.2) is 0 Å². The minimum Gasteiger partial charge on any atom is -0.462 e. The summed E-state index contributed by atoms with van der Waals surface area (Å²) in [6, 6.07) is 10.1. The van der Waals surface area contributed by atoms with Crippen LogP contribution in [0.5, 0.6) is 0 Å². The van der Waals surface area contributed by atoms with Crippen molar-refractivity contribution in [3.63, 3.8) is 0 Å². The Labute approximate surface area is 116 Å². The van der Waals surface area contributed by atoms with Gasteiger partial charge in [-0.1, -0.05) is 12.1 Å². The van der Waals surface area contributed by atoms with Gasteiger partial charge >= 0.3 is 0 Å². The number of hydrogen-bond donors (Lipinski definition) is 2. The molecule has 0 saturated heterocycles. The second kappa shape index (κ2) is 6.83. The molecule has 1 heterocycles. The van der Waals surface area contributed by atoms with Gasteiger partial charge in [-0.3, -0.25) is 10.1 Å². The summed E-state index contributed by atoms with van der Waals surface area (Å²) in [4.78, 5) is 10.1. The smallest absolute Gasteiger partial charge is 0.269 e. The van der Waals surface area contributed by atoms with E-state index >= 15 is 0 Å². The minimum absolute atomic E-state index is 0.0944. The lowest BCUT2D eigenvalue weighted by molar-refractivity contribution is -0.384. The fourth-order valence-electron chi connectivity index (χ4n) is 1.83. The van der Waals surface area contributed by atoms with E-state index in [9.17, 15) is 10.1 Å². The summed E-state index contributed by atoms with van der Waals surface area (Å²) < 4.78 is 5.34. The molecule has 0 radical (unpaired) electrons. The molecule has 0 aliphatic heterocycles. The van der Waals surface area contributed by atoms with E-state index in [1.54, 1.807) is 18.2 Å². The summed E-state index contributed by atoms with van der Waals surface area (Å²) in [5.41, 5.74) is 1.15. The third kappa shape index (κ3) is 3.91. The van der Waals surface area contributed by atoms with E-state index in [2.05, 4.69) is 5.32 Å². The number of nitro groups is 1. The quantitative estimate of drug-likeness (QED) is 0.459. The van der Waals surface area contributed by atoms with Gasteiger partial charge in [-0.15, -0.1) is 0 Å². The van der Waals surface area contributed by atoms with Crippen molar-refractivity contribution in [1.82, 2.24) is 5.32 Å². The Bertz CT molecular complexity index is 563. The molecule has 20 heavy (non-hydrogen) atoms. The lowest BCUT2D eigenvalue weighted by Crippen LogP contribution is -2.16. The number of aliphatic hydroxyl groups is 1. The van der Waals surface area contributed by atoms with Crippen molar-refractivity contribution in [3.8, 4) is 0 Å². The molecule has 0 aliphatic carbocycles. The number of furan rings is 1. The molecule has 106 valence electrons. The monoisotopic (exact) mass is 276 g/mol. The summed E-state index contributed by atoms with van der Waals surface area (Å²) in [6.45, 7) is 1.24. The topological polar surface area (TPSA) is 88.5 Å². The van der Waals surface area contributed by atoms with Crippen molar-refractivity contribution < 1.29 is 14.4 Å². The van der Waals surface area contributed by atoms with Crippen molar-refractivity contribution in [2.24, 2.45) is 0 Å². The number of hydrogen-bond acceptors (Lipinski definition) is 5. The molecule has 0 spiro atoms. The van der Waals surface area contributed by atoms with Crippen molar-refractivity contribution in [1.29, 1.82) is 0 Å². The van der Waals surface area contributed by atoms with E-state index in [1.165, 1.54) is 12.1 Å². The predicted octanol–water partition coefficient (Wildman–Crippen LogP) is 2.01. The Balaban J connectivity index is 1.74. The molecule has 2 aromatic rings. The second-order valence-corrected chi connectivity index (χ2v) is 4.38. The molecule has 6 nitrogen and oxygen atoms in total. The zero-order chi connectivity index (χ0) is 14.4. The molecule has 1 aromatic heterocycles. The molecule has 2 rings (SSSR count). The fraction of sp³-hybridized carbons (Fsp3) is 0.286. The molecule has 1 aromatic carbocycles. The molecule has 0 saturated carbocycles. The first-order valence-corrected chi connectivity index (χ1v) is 6.31. The zero-order valence-corrected chi connectivity index (χ0v) is 10.9. The van der Waals surface area contributed by atoms with E-state index in [4.69, 9.17) is 9.52 Å². The molecule has 2 N–H and O–H groups in total. The van der Waals surface area contributed by atoms with Crippen LogP contribution in [-0.4, -0.2) is 16.6 Å². The number of nitrogens with zero attached hydrogens (tertiary/aromatic N) is 1. The van der Waals surface area contributed by atoms with Gasteiger partial charge in [0.1, 0.15) is 18.1 Å². The molecule has 0 amide bonds. The molecule has 0 fully saturated rings. The van der Waals surface area contributed by atoms with Crippen molar-refractivity contribution in [2.75, 3.05) is 6.54 Å². The molecular formula is C14H16N2O4. The Kier molecular flexibility index (Phi) is 4.86. The SMILES string of the molecule is O=[N+]([O-])c1ccc(CCNCc2ccc(CO)o2)cc1. The standard InChI is InChI=1S/C14H16N2O4/c17-10-14-6-5-13(20-14)9-15-8-7-11-1-3-12(4-2-11)16(18)19/h1-6,15,17H,7-10H2. The zero-order valence-electron chi connectivity index (χ0n) is 10.9. The summed E-state index contributed by atoms with van der Waals surface area (Å²) in [6.07, 6.45) is 0.783. The Hall–Kier alpha value is -2.18. The van der Waals surface area contributed by atoms with E-state index < -0.39 is 4.92 Å². The third-order valence-electron chi connectivity index (χ3n) is 2.91. The summed E-state index contributed by atoms with van der Waals surface area (Å²) >= 11 is 0. The number of benzene rings is 1. The Morgan fingerprint density at radius 1 is 1.15 bits per heavy atom. The van der Waals surface area contributed by atoms with Gasteiger partial charge in [0.25, 0.3) is 5.69 Å². The van der Waals surface area contributed by atoms with Crippen LogP contribution in [-0.2, 0) is 19.6 Å². The lowest BCUT2D eigenvalue weighted by atomic mass is 10.1. The van der Waals surface area contributed by atoms with Crippen LogP contribution >= 0.6 is 0 Å². The van der Waals surface area contributed by atoms with Gasteiger partial charge in [0.05, 0.1) is 11.5 Å². The molecule has 0 bridgehead atoms. The highest BCUT2D eigenvalue weighted by Gasteiger charge is 2.04. The summed E-state index contributed by atoms with van der Waals surface area (Å²) in [7, 11) is 0. The van der Waals surface area contributed by atoms with Gasteiger partial charge in [0, 0.05) is 12.1 Å². The number of non-ortho nitro benzene ring substituents is 1. The minimum atomic E-state index is -0.405. The first-order valence-electron chi connectivity index (χ1n) is 6.31. The van der Waals surface area contributed by atoms with Gasteiger partial charge in [-0.05, 0) is 30.7 Å². The number of nitrogens with one attached hydrogen (secondary N) is 1. The van der Waals surface area contributed by atoms with Gasteiger partial charge in [0.15, 0.2) is 0 Å². The van der Waals surface area contributed by atoms with Crippen molar-refractivity contribution in [2.45, 2.75) is 19.6 Å². The van der Waals surface area contributed by atoms with Crippen LogP contribution in [0.3, 0.4) is 0 Å². The second-order valence-electron chi connectivity index (χ2n) is 4.38. The lowest BCUT2D eigenvalue weighted by Gasteiger charge is -2.03. The van der Waals surface area contributed by atoms with Crippen LogP contribution in [0.4, 0.5) is 5.69 Å². The predicted molar refractivity (Wildman–Crippen MR) is 73.1 cm³/mol. The summed E-state index contributed by atoms with van der Waals surface area (Å²) in [5, 5.41) is 22.6. The highest BCUT2D eigenvalue weighted by atomic mass is 16.6. The molecule has 0 unspecified atom stereocenters. The maximum absolute atomic E-state index is 10.5. The number of aliphatic hydroxyl groups excluding tert-OH is 1. The molecule has 6 heteroatoms. The van der Waals surface area contributed by atoms with E-state index in [1.807, 2.05) is 6.07 Å². The molecule has 0 aliphatic rings. The van der Waals surface area contributed by atoms with Crippen LogP contribution in [0.2, 0.25) is 0 Å². The van der Waals surface area contributed by atoms with Crippen LogP contribution in [0, 0.1) is 10.1 Å². The number of rotatable bonds is 7. The average molecular weight is 276 g/mol. The van der Waals surface area contributed by atoms with E-state index in [-0.39, 0.29) is 12.3 Å². The van der Waals surface area contributed by atoms with Gasteiger partial charge in [0.2, 0.25) is 0 Å². The van der Waals surface area contributed by atoms with Crippen LogP contribution in [0.1, 0.15) is 17.1 Å². The largest absolute Gasteiger partial charge is 0.462 e. The summed E-state index contributed by atoms with van der Waals surface area (Å²) in [5.74, 6) is 1.33. The van der Waals surface area contributed by atoms with Crippen molar-refractivity contribution >= 4 is 5.69 Å². The highest BCUT2D eigenvalue weighted by molar-refractivity contribution is 5.32.